The van der Waals surface area contributed by atoms with Crippen molar-refractivity contribution in [3.8, 4) is 0 Å². The summed E-state index contributed by atoms with van der Waals surface area (Å²) >= 11 is 0. The van der Waals surface area contributed by atoms with Crippen LogP contribution in [-0.2, 0) is 14.8 Å². The molecule has 0 aliphatic rings. The van der Waals surface area contributed by atoms with Gasteiger partial charge < -0.3 is 5.11 Å². The van der Waals surface area contributed by atoms with E-state index >= 15 is 0 Å². The van der Waals surface area contributed by atoms with Crippen LogP contribution in [0.5, 0.6) is 0 Å². The minimum absolute atomic E-state index is 0.0883. The summed E-state index contributed by atoms with van der Waals surface area (Å²) in [6.07, 6.45) is 0.449. The minimum Gasteiger partial charge on any atom is -0.480 e. The van der Waals surface area contributed by atoms with Crippen LogP contribution in [0.4, 0.5) is 0 Å². The van der Waals surface area contributed by atoms with Gasteiger partial charge in [0.15, 0.2) is 0 Å². The largest absolute Gasteiger partial charge is 0.480 e. The number of hydrogen-bond acceptors (Lipinski definition) is 3. The Kier molecular flexibility index (Phi) is 5.16. The van der Waals surface area contributed by atoms with Gasteiger partial charge in [-0.05, 0) is 18.3 Å². The SMILES string of the molecule is CCC(CC)(NS(=O)(=O)CC(C)(C)C)C(=O)O. The van der Waals surface area contributed by atoms with Crippen LogP contribution < -0.4 is 4.72 Å². The zero-order chi connectivity index (χ0) is 13.9. The third-order valence-corrected chi connectivity index (χ3v) is 4.54. The molecule has 6 heteroatoms. The van der Waals surface area contributed by atoms with Crippen LogP contribution in [0.2, 0.25) is 0 Å². The van der Waals surface area contributed by atoms with E-state index < -0.39 is 26.9 Å². The van der Waals surface area contributed by atoms with Gasteiger partial charge in [-0.3, -0.25) is 4.79 Å². The maximum Gasteiger partial charge on any atom is 0.324 e. The molecule has 0 saturated heterocycles. The lowest BCUT2D eigenvalue weighted by Crippen LogP contribution is -2.54. The van der Waals surface area contributed by atoms with Crippen molar-refractivity contribution in [2.24, 2.45) is 5.41 Å². The number of carboxylic acids is 1. The molecule has 0 aromatic carbocycles. The Morgan fingerprint density at radius 1 is 1.18 bits per heavy atom. The average molecular weight is 265 g/mol. The highest BCUT2D eigenvalue weighted by Gasteiger charge is 2.39. The van der Waals surface area contributed by atoms with E-state index in [0.29, 0.717) is 0 Å². The van der Waals surface area contributed by atoms with E-state index in [1.54, 1.807) is 34.6 Å². The quantitative estimate of drug-likeness (QED) is 0.764. The summed E-state index contributed by atoms with van der Waals surface area (Å²) in [5, 5.41) is 9.16. The Morgan fingerprint density at radius 3 is 1.82 bits per heavy atom. The second-order valence-electron chi connectivity index (χ2n) is 5.52. The number of carboxylic acid groups (broad SMARTS) is 1. The second-order valence-corrected chi connectivity index (χ2v) is 7.24. The summed E-state index contributed by atoms with van der Waals surface area (Å²) in [7, 11) is -3.60. The third-order valence-electron chi connectivity index (χ3n) is 2.59. The standard InChI is InChI=1S/C11H23NO4S/c1-6-11(7-2,9(13)14)12-17(15,16)8-10(3,4)5/h12H,6-8H2,1-5H3,(H,13,14). The Balaban J connectivity index is 5.08. The first-order chi connectivity index (χ1) is 7.48. The lowest BCUT2D eigenvalue weighted by atomic mass is 9.95. The van der Waals surface area contributed by atoms with Crippen molar-refractivity contribution in [2.75, 3.05) is 5.75 Å². The summed E-state index contributed by atoms with van der Waals surface area (Å²) in [6.45, 7) is 8.72. The highest BCUT2D eigenvalue weighted by molar-refractivity contribution is 7.89. The number of nitrogens with one attached hydrogen (secondary N) is 1. The average Bonchev–Trinajstić information content (AvgIpc) is 2.09. The van der Waals surface area contributed by atoms with Gasteiger partial charge in [-0.25, -0.2) is 8.42 Å². The number of sulfonamides is 1. The first-order valence-corrected chi connectivity index (χ1v) is 7.38. The summed E-state index contributed by atoms with van der Waals surface area (Å²) in [4.78, 5) is 11.2. The molecule has 0 amide bonds. The minimum atomic E-state index is -3.60. The lowest BCUT2D eigenvalue weighted by Gasteiger charge is -2.29. The highest BCUT2D eigenvalue weighted by Crippen LogP contribution is 2.21. The molecule has 17 heavy (non-hydrogen) atoms. The van der Waals surface area contributed by atoms with Gasteiger partial charge in [-0.2, -0.15) is 4.72 Å². The molecule has 0 spiro atoms. The van der Waals surface area contributed by atoms with E-state index in [2.05, 4.69) is 4.72 Å². The molecule has 0 saturated carbocycles. The Morgan fingerprint density at radius 2 is 1.59 bits per heavy atom. The molecule has 0 unspecified atom stereocenters. The Labute approximate surface area is 104 Å². The fraction of sp³-hybridized carbons (Fsp3) is 0.909. The van der Waals surface area contributed by atoms with Crippen LogP contribution in [0.25, 0.3) is 0 Å². The summed E-state index contributed by atoms with van der Waals surface area (Å²) in [6, 6.07) is 0. The monoisotopic (exact) mass is 265 g/mol. The van der Waals surface area contributed by atoms with Gasteiger partial charge in [0.1, 0.15) is 5.54 Å². The number of hydrogen-bond donors (Lipinski definition) is 2. The van der Waals surface area contributed by atoms with E-state index in [9.17, 15) is 13.2 Å². The maximum atomic E-state index is 11.9. The van der Waals surface area contributed by atoms with Crippen LogP contribution in [0, 0.1) is 5.41 Å². The van der Waals surface area contributed by atoms with Crippen LogP contribution in [0.3, 0.4) is 0 Å². The van der Waals surface area contributed by atoms with Crippen molar-refractivity contribution in [1.82, 2.24) is 4.72 Å². The summed E-state index contributed by atoms with van der Waals surface area (Å²) in [5.74, 6) is -1.21. The molecule has 0 rings (SSSR count). The number of aliphatic carboxylic acids is 1. The molecule has 0 bridgehead atoms. The first-order valence-electron chi connectivity index (χ1n) is 5.73. The maximum absolute atomic E-state index is 11.9. The van der Waals surface area contributed by atoms with Gasteiger partial charge in [0, 0.05) is 0 Å². The van der Waals surface area contributed by atoms with Crippen molar-refractivity contribution in [2.45, 2.75) is 53.0 Å². The molecule has 0 radical (unpaired) electrons. The number of carbonyl (C=O) groups is 1. The van der Waals surface area contributed by atoms with Gasteiger partial charge in [-0.1, -0.05) is 34.6 Å². The van der Waals surface area contributed by atoms with Gasteiger partial charge in [-0.15, -0.1) is 0 Å². The first kappa shape index (κ1) is 16.4. The van der Waals surface area contributed by atoms with Gasteiger partial charge in [0.25, 0.3) is 0 Å². The van der Waals surface area contributed by atoms with E-state index in [4.69, 9.17) is 5.11 Å². The molecule has 0 aromatic rings. The normalized spacial score (nSPS) is 13.7. The Hall–Kier alpha value is -0.620. The summed E-state index contributed by atoms with van der Waals surface area (Å²) in [5.41, 5.74) is -1.79. The van der Waals surface area contributed by atoms with E-state index in [0.717, 1.165) is 0 Å². The molecular weight excluding hydrogens is 242 g/mol. The van der Waals surface area contributed by atoms with Crippen molar-refractivity contribution in [3.05, 3.63) is 0 Å². The van der Waals surface area contributed by atoms with Crippen molar-refractivity contribution >= 4 is 16.0 Å². The van der Waals surface area contributed by atoms with Gasteiger partial charge in [0.2, 0.25) is 10.0 Å². The van der Waals surface area contributed by atoms with Crippen LogP contribution in [-0.4, -0.2) is 30.8 Å². The molecule has 0 fully saturated rings. The fourth-order valence-electron chi connectivity index (χ4n) is 1.64. The van der Waals surface area contributed by atoms with E-state index in [1.165, 1.54) is 0 Å². The predicted octanol–water partition coefficient (Wildman–Crippen LogP) is 1.60. The third kappa shape index (κ3) is 5.04. The van der Waals surface area contributed by atoms with Crippen molar-refractivity contribution in [3.63, 3.8) is 0 Å². The highest BCUT2D eigenvalue weighted by atomic mass is 32.2. The molecule has 0 aliphatic carbocycles. The predicted molar refractivity (Wildman–Crippen MR) is 67.3 cm³/mol. The molecule has 2 N–H and O–H groups in total. The molecule has 0 heterocycles. The van der Waals surface area contributed by atoms with E-state index in [-0.39, 0.29) is 18.6 Å². The van der Waals surface area contributed by atoms with Crippen LogP contribution in [0.15, 0.2) is 0 Å². The van der Waals surface area contributed by atoms with Gasteiger partial charge in [0.05, 0.1) is 5.75 Å². The fourth-order valence-corrected chi connectivity index (χ4v) is 3.83. The van der Waals surface area contributed by atoms with Crippen molar-refractivity contribution in [1.29, 1.82) is 0 Å². The van der Waals surface area contributed by atoms with Gasteiger partial charge >= 0.3 is 5.97 Å². The molecule has 102 valence electrons. The lowest BCUT2D eigenvalue weighted by molar-refractivity contribution is -0.144. The van der Waals surface area contributed by atoms with Crippen LogP contribution >= 0.6 is 0 Å². The van der Waals surface area contributed by atoms with Crippen molar-refractivity contribution < 1.29 is 18.3 Å². The zero-order valence-corrected chi connectivity index (χ0v) is 12.0. The molecule has 0 aromatic heterocycles. The number of rotatable bonds is 6. The molecular formula is C11H23NO4S. The smallest absolute Gasteiger partial charge is 0.324 e. The summed E-state index contributed by atoms with van der Waals surface area (Å²) < 4.78 is 26.2. The molecule has 0 aliphatic heterocycles. The zero-order valence-electron chi connectivity index (χ0n) is 11.2. The topological polar surface area (TPSA) is 83.5 Å². The second kappa shape index (κ2) is 5.35. The van der Waals surface area contributed by atoms with Crippen LogP contribution in [0.1, 0.15) is 47.5 Å². The molecule has 5 nitrogen and oxygen atoms in total. The van der Waals surface area contributed by atoms with E-state index in [1.807, 2.05) is 0 Å². The Bertz CT molecular complexity index is 363. The molecule has 0 atom stereocenters.